The molecule has 0 aliphatic rings. The number of benzene rings is 2. The van der Waals surface area contributed by atoms with Crippen LogP contribution in [0.2, 0.25) is 0 Å². The molecule has 0 saturated heterocycles. The summed E-state index contributed by atoms with van der Waals surface area (Å²) in [6, 6.07) is 17.0. The highest BCUT2D eigenvalue weighted by molar-refractivity contribution is 6.07. The maximum Gasteiger partial charge on any atom is 0.291 e. The van der Waals surface area contributed by atoms with Gasteiger partial charge in [-0.25, -0.2) is 5.43 Å². The van der Waals surface area contributed by atoms with Crippen LogP contribution in [-0.2, 0) is 0 Å². The number of hydrazone groups is 1. The van der Waals surface area contributed by atoms with Crippen molar-refractivity contribution in [1.82, 2.24) is 5.43 Å². The fourth-order valence-electron chi connectivity index (χ4n) is 2.33. The summed E-state index contributed by atoms with van der Waals surface area (Å²) in [6.45, 7) is 0. The Morgan fingerprint density at radius 3 is 2.67 bits per heavy atom. The van der Waals surface area contributed by atoms with Gasteiger partial charge in [-0.15, -0.1) is 0 Å². The van der Waals surface area contributed by atoms with E-state index in [9.17, 15) is 9.59 Å². The van der Waals surface area contributed by atoms with Crippen LogP contribution >= 0.6 is 0 Å². The summed E-state index contributed by atoms with van der Waals surface area (Å²) in [5.41, 5.74) is 3.85. The number of furan rings is 1. The van der Waals surface area contributed by atoms with Gasteiger partial charge in [0.25, 0.3) is 11.8 Å². The van der Waals surface area contributed by atoms with E-state index < -0.39 is 11.8 Å². The summed E-state index contributed by atoms with van der Waals surface area (Å²) in [4.78, 5) is 24.6. The molecule has 0 spiro atoms. The third-order valence-electron chi connectivity index (χ3n) is 3.64. The van der Waals surface area contributed by atoms with Crippen molar-refractivity contribution in [3.05, 3.63) is 83.8 Å². The van der Waals surface area contributed by atoms with Crippen molar-refractivity contribution in [2.45, 2.75) is 0 Å². The molecule has 7 heteroatoms. The molecular weight excluding hydrogens is 346 g/mol. The molecule has 2 aromatic carbocycles. The number of anilines is 1. The monoisotopic (exact) mass is 363 g/mol. The lowest BCUT2D eigenvalue weighted by molar-refractivity contribution is 0.0956. The Morgan fingerprint density at radius 2 is 1.89 bits per heavy atom. The number of ether oxygens (including phenoxy) is 1. The molecule has 1 heterocycles. The number of hydrogen-bond acceptors (Lipinski definition) is 5. The fraction of sp³-hybridized carbons (Fsp3) is 0.0500. The molecule has 0 bridgehead atoms. The number of rotatable bonds is 6. The minimum Gasteiger partial charge on any atom is -0.497 e. The van der Waals surface area contributed by atoms with Crippen LogP contribution in [0.5, 0.6) is 5.75 Å². The van der Waals surface area contributed by atoms with Gasteiger partial charge in [-0.2, -0.15) is 5.10 Å². The molecule has 0 aliphatic heterocycles. The fourth-order valence-corrected chi connectivity index (χ4v) is 2.33. The van der Waals surface area contributed by atoms with E-state index in [4.69, 9.17) is 9.15 Å². The van der Waals surface area contributed by atoms with E-state index in [1.54, 1.807) is 43.5 Å². The molecule has 7 nitrogen and oxygen atoms in total. The largest absolute Gasteiger partial charge is 0.497 e. The first-order valence-corrected chi connectivity index (χ1v) is 8.08. The van der Waals surface area contributed by atoms with Gasteiger partial charge in [0.1, 0.15) is 5.75 Å². The summed E-state index contributed by atoms with van der Waals surface area (Å²) in [7, 11) is 1.58. The first kappa shape index (κ1) is 17.9. The van der Waals surface area contributed by atoms with Crippen molar-refractivity contribution in [2.75, 3.05) is 12.4 Å². The standard InChI is InChI=1S/C20H17N3O4/c1-26-15-7-4-6-14(12-15)13-21-23-19(24)16-8-2-3-9-17(16)22-20(25)18-10-5-11-27-18/h2-13H,1H3,(H,22,25)(H,23,24)/b21-13+. The lowest BCUT2D eigenvalue weighted by Crippen LogP contribution is -2.21. The molecule has 0 unspecified atom stereocenters. The summed E-state index contributed by atoms with van der Waals surface area (Å²) in [5.74, 6) is -0.0536. The number of hydrogen-bond donors (Lipinski definition) is 2. The van der Waals surface area contributed by atoms with Gasteiger partial charge in [0.05, 0.1) is 30.8 Å². The van der Waals surface area contributed by atoms with Gasteiger partial charge in [-0.3, -0.25) is 9.59 Å². The summed E-state index contributed by atoms with van der Waals surface area (Å²) in [5, 5.41) is 6.61. The van der Waals surface area contributed by atoms with Crippen LogP contribution in [-0.4, -0.2) is 25.1 Å². The molecule has 2 amide bonds. The minimum absolute atomic E-state index is 0.154. The Labute approximate surface area is 155 Å². The van der Waals surface area contributed by atoms with E-state index in [1.165, 1.54) is 18.5 Å². The highest BCUT2D eigenvalue weighted by atomic mass is 16.5. The first-order valence-electron chi connectivity index (χ1n) is 8.08. The molecule has 0 fully saturated rings. The molecule has 1 aromatic heterocycles. The Morgan fingerprint density at radius 1 is 1.04 bits per heavy atom. The molecular formula is C20H17N3O4. The van der Waals surface area contributed by atoms with E-state index >= 15 is 0 Å². The first-order chi connectivity index (χ1) is 13.2. The third kappa shape index (κ3) is 4.60. The van der Waals surface area contributed by atoms with Crippen molar-refractivity contribution in [2.24, 2.45) is 5.10 Å². The van der Waals surface area contributed by atoms with E-state index in [1.807, 2.05) is 18.2 Å². The van der Waals surface area contributed by atoms with Gasteiger partial charge >= 0.3 is 0 Å². The topological polar surface area (TPSA) is 92.9 Å². The van der Waals surface area contributed by atoms with Crippen LogP contribution in [0.25, 0.3) is 0 Å². The number of carbonyl (C=O) groups is 2. The second-order valence-corrected chi connectivity index (χ2v) is 5.45. The molecule has 0 atom stereocenters. The number of methoxy groups -OCH3 is 1. The Balaban J connectivity index is 1.69. The lowest BCUT2D eigenvalue weighted by atomic mass is 10.1. The predicted molar refractivity (Wildman–Crippen MR) is 101 cm³/mol. The normalized spacial score (nSPS) is 10.6. The molecule has 2 N–H and O–H groups in total. The SMILES string of the molecule is COc1cccc(/C=N/NC(=O)c2ccccc2NC(=O)c2ccco2)c1. The Bertz CT molecular complexity index is 965. The van der Waals surface area contributed by atoms with E-state index in [-0.39, 0.29) is 11.3 Å². The highest BCUT2D eigenvalue weighted by Gasteiger charge is 2.15. The zero-order valence-corrected chi connectivity index (χ0v) is 14.5. The van der Waals surface area contributed by atoms with Crippen LogP contribution in [0.4, 0.5) is 5.69 Å². The van der Waals surface area contributed by atoms with Gasteiger partial charge < -0.3 is 14.5 Å². The quantitative estimate of drug-likeness (QED) is 0.519. The predicted octanol–water partition coefficient (Wildman–Crippen LogP) is 3.30. The average molecular weight is 363 g/mol. The second-order valence-electron chi connectivity index (χ2n) is 5.45. The number of para-hydroxylation sites is 1. The minimum atomic E-state index is -0.454. The third-order valence-corrected chi connectivity index (χ3v) is 3.64. The lowest BCUT2D eigenvalue weighted by Gasteiger charge is -2.08. The number of nitrogens with zero attached hydrogens (tertiary/aromatic N) is 1. The molecule has 3 aromatic rings. The highest BCUT2D eigenvalue weighted by Crippen LogP contribution is 2.16. The molecule has 0 saturated carbocycles. The van der Waals surface area contributed by atoms with Crippen molar-refractivity contribution in [1.29, 1.82) is 0 Å². The van der Waals surface area contributed by atoms with Gasteiger partial charge in [-0.05, 0) is 42.0 Å². The Hall–Kier alpha value is -3.87. The van der Waals surface area contributed by atoms with Crippen LogP contribution in [0.1, 0.15) is 26.5 Å². The van der Waals surface area contributed by atoms with Crippen molar-refractivity contribution >= 4 is 23.7 Å². The molecule has 0 aliphatic carbocycles. The number of nitrogens with one attached hydrogen (secondary N) is 2. The molecule has 27 heavy (non-hydrogen) atoms. The van der Waals surface area contributed by atoms with Crippen LogP contribution < -0.4 is 15.5 Å². The maximum atomic E-state index is 12.4. The van der Waals surface area contributed by atoms with Gasteiger partial charge in [-0.1, -0.05) is 24.3 Å². The second kappa shape index (κ2) is 8.48. The Kier molecular flexibility index (Phi) is 5.64. The van der Waals surface area contributed by atoms with E-state index in [2.05, 4.69) is 15.8 Å². The average Bonchev–Trinajstić information content (AvgIpc) is 3.23. The molecule has 0 radical (unpaired) electrons. The van der Waals surface area contributed by atoms with Gasteiger partial charge in [0.15, 0.2) is 5.76 Å². The zero-order chi connectivity index (χ0) is 19.1. The van der Waals surface area contributed by atoms with Crippen molar-refractivity contribution in [3.8, 4) is 5.75 Å². The maximum absolute atomic E-state index is 12.4. The number of amides is 2. The van der Waals surface area contributed by atoms with Gasteiger partial charge in [0.2, 0.25) is 0 Å². The van der Waals surface area contributed by atoms with Crippen LogP contribution in [0, 0.1) is 0 Å². The van der Waals surface area contributed by atoms with E-state index in [0.717, 1.165) is 5.56 Å². The van der Waals surface area contributed by atoms with Crippen LogP contribution in [0.15, 0.2) is 76.4 Å². The smallest absolute Gasteiger partial charge is 0.291 e. The van der Waals surface area contributed by atoms with E-state index in [0.29, 0.717) is 11.4 Å². The van der Waals surface area contributed by atoms with Gasteiger partial charge in [0, 0.05) is 0 Å². The van der Waals surface area contributed by atoms with Crippen molar-refractivity contribution < 1.29 is 18.7 Å². The number of carbonyl (C=O) groups excluding carboxylic acids is 2. The zero-order valence-electron chi connectivity index (χ0n) is 14.5. The van der Waals surface area contributed by atoms with Crippen LogP contribution in [0.3, 0.4) is 0 Å². The summed E-state index contributed by atoms with van der Waals surface area (Å²) >= 11 is 0. The van der Waals surface area contributed by atoms with Crippen molar-refractivity contribution in [3.63, 3.8) is 0 Å². The molecule has 3 rings (SSSR count). The molecule has 136 valence electrons. The summed E-state index contributed by atoms with van der Waals surface area (Å²) in [6.07, 6.45) is 2.91. The summed E-state index contributed by atoms with van der Waals surface area (Å²) < 4.78 is 10.2.